The number of halogens is 3. The highest BCUT2D eigenvalue weighted by Crippen LogP contribution is 2.25. The molecule has 2 aromatic carbocycles. The molecular formula is C13H10F3NO2. The Bertz CT molecular complexity index is 617. The molecule has 0 unspecified atom stereocenters. The van der Waals surface area contributed by atoms with Crippen molar-refractivity contribution < 1.29 is 23.4 Å². The zero-order chi connectivity index (χ0) is 14.0. The minimum Gasteiger partial charge on any atom is -0.508 e. The van der Waals surface area contributed by atoms with Gasteiger partial charge in [0.05, 0.1) is 5.69 Å². The Morgan fingerprint density at radius 3 is 2.37 bits per heavy atom. The lowest BCUT2D eigenvalue weighted by Gasteiger charge is -2.10. The maximum Gasteiger partial charge on any atom is 0.196 e. The van der Waals surface area contributed by atoms with Crippen LogP contribution in [0.2, 0.25) is 0 Å². The summed E-state index contributed by atoms with van der Waals surface area (Å²) in [5.41, 5.74) is 0.160. The lowest BCUT2D eigenvalue weighted by atomic mass is 10.2. The number of hydrogen-bond donors (Lipinski definition) is 3. The molecule has 0 aliphatic heterocycles. The van der Waals surface area contributed by atoms with Crippen molar-refractivity contribution in [2.24, 2.45) is 0 Å². The minimum absolute atomic E-state index is 0.00585. The minimum atomic E-state index is -1.56. The first-order valence-electron chi connectivity index (χ1n) is 5.37. The van der Waals surface area contributed by atoms with Gasteiger partial charge in [-0.05, 0) is 24.3 Å². The first-order chi connectivity index (χ1) is 8.99. The van der Waals surface area contributed by atoms with Gasteiger partial charge in [0.2, 0.25) is 0 Å². The van der Waals surface area contributed by atoms with Gasteiger partial charge >= 0.3 is 0 Å². The summed E-state index contributed by atoms with van der Waals surface area (Å²) in [5.74, 6) is -4.44. The van der Waals surface area contributed by atoms with E-state index >= 15 is 0 Å². The van der Waals surface area contributed by atoms with E-state index in [0.29, 0.717) is 5.56 Å². The van der Waals surface area contributed by atoms with Crippen LogP contribution in [-0.4, -0.2) is 10.2 Å². The van der Waals surface area contributed by atoms with Gasteiger partial charge in [0.15, 0.2) is 17.5 Å². The fraction of sp³-hybridized carbons (Fsp3) is 0.0769. The second kappa shape index (κ2) is 5.09. The molecule has 6 heteroatoms. The van der Waals surface area contributed by atoms with Gasteiger partial charge in [0, 0.05) is 18.2 Å². The molecule has 0 fully saturated rings. The van der Waals surface area contributed by atoms with Crippen molar-refractivity contribution in [2.75, 3.05) is 5.32 Å². The molecule has 0 aliphatic carbocycles. The molecule has 0 saturated carbocycles. The lowest BCUT2D eigenvalue weighted by Crippen LogP contribution is -2.04. The lowest BCUT2D eigenvalue weighted by molar-refractivity contribution is 0.445. The third-order valence-electron chi connectivity index (χ3n) is 2.57. The van der Waals surface area contributed by atoms with Crippen molar-refractivity contribution in [1.82, 2.24) is 0 Å². The largest absolute Gasteiger partial charge is 0.508 e. The summed E-state index contributed by atoms with van der Waals surface area (Å²) in [6.07, 6.45) is 0. The number of rotatable bonds is 3. The van der Waals surface area contributed by atoms with Crippen molar-refractivity contribution in [2.45, 2.75) is 6.54 Å². The molecule has 3 N–H and O–H groups in total. The molecule has 0 amide bonds. The van der Waals surface area contributed by atoms with Crippen molar-refractivity contribution in [3.63, 3.8) is 0 Å². The van der Waals surface area contributed by atoms with Crippen LogP contribution in [0.4, 0.5) is 18.9 Å². The monoisotopic (exact) mass is 269 g/mol. The summed E-state index contributed by atoms with van der Waals surface area (Å²) in [6.45, 7) is -0.00585. The zero-order valence-electron chi connectivity index (χ0n) is 9.62. The Labute approximate surface area is 106 Å². The van der Waals surface area contributed by atoms with E-state index in [0.717, 1.165) is 18.2 Å². The second-order valence-electron chi connectivity index (χ2n) is 3.89. The van der Waals surface area contributed by atoms with Crippen molar-refractivity contribution in [1.29, 1.82) is 0 Å². The van der Waals surface area contributed by atoms with Crippen LogP contribution in [0.15, 0.2) is 30.3 Å². The van der Waals surface area contributed by atoms with Crippen molar-refractivity contribution in [3.8, 4) is 11.5 Å². The Hall–Kier alpha value is -2.37. The van der Waals surface area contributed by atoms with Crippen LogP contribution in [0.1, 0.15) is 5.56 Å². The molecule has 0 bridgehead atoms. The molecule has 0 heterocycles. The van der Waals surface area contributed by atoms with Crippen LogP contribution in [-0.2, 0) is 6.54 Å². The van der Waals surface area contributed by atoms with E-state index < -0.39 is 17.5 Å². The maximum atomic E-state index is 13.3. The number of benzene rings is 2. The number of hydrogen-bond acceptors (Lipinski definition) is 3. The molecule has 100 valence electrons. The average Bonchev–Trinajstić information content (AvgIpc) is 2.37. The summed E-state index contributed by atoms with van der Waals surface area (Å²) >= 11 is 0. The molecule has 0 saturated heterocycles. The molecule has 0 aliphatic rings. The molecule has 2 aromatic rings. The fourth-order valence-corrected chi connectivity index (χ4v) is 1.55. The van der Waals surface area contributed by atoms with E-state index in [-0.39, 0.29) is 23.7 Å². The van der Waals surface area contributed by atoms with Crippen molar-refractivity contribution >= 4 is 5.69 Å². The number of nitrogens with one attached hydrogen (secondary N) is 1. The van der Waals surface area contributed by atoms with Gasteiger partial charge in [-0.1, -0.05) is 0 Å². The Kier molecular flexibility index (Phi) is 3.50. The molecular weight excluding hydrogens is 259 g/mol. The van der Waals surface area contributed by atoms with E-state index in [1.54, 1.807) is 0 Å². The van der Waals surface area contributed by atoms with E-state index in [2.05, 4.69) is 5.32 Å². The first kappa shape index (κ1) is 13.1. The molecule has 2 rings (SSSR count). The van der Waals surface area contributed by atoms with Crippen LogP contribution < -0.4 is 5.32 Å². The zero-order valence-corrected chi connectivity index (χ0v) is 9.62. The van der Waals surface area contributed by atoms with Gasteiger partial charge in [-0.2, -0.15) is 0 Å². The number of phenolic OH excluding ortho intramolecular Hbond substituents is 2. The molecule has 0 aromatic heterocycles. The van der Waals surface area contributed by atoms with Gasteiger partial charge in [-0.25, -0.2) is 13.2 Å². The summed E-state index contributed by atoms with van der Waals surface area (Å²) in [6, 6.07) is 5.76. The third kappa shape index (κ3) is 2.73. The number of anilines is 1. The fourth-order valence-electron chi connectivity index (χ4n) is 1.55. The van der Waals surface area contributed by atoms with E-state index in [1.165, 1.54) is 12.1 Å². The highest BCUT2D eigenvalue weighted by atomic mass is 19.2. The highest BCUT2D eigenvalue weighted by Gasteiger charge is 2.13. The Morgan fingerprint density at radius 1 is 0.947 bits per heavy atom. The Balaban J connectivity index is 2.17. The van der Waals surface area contributed by atoms with E-state index in [9.17, 15) is 18.3 Å². The molecule has 0 atom stereocenters. The maximum absolute atomic E-state index is 13.3. The Morgan fingerprint density at radius 2 is 1.68 bits per heavy atom. The van der Waals surface area contributed by atoms with Gasteiger partial charge in [0.25, 0.3) is 0 Å². The quantitative estimate of drug-likeness (QED) is 0.750. The summed E-state index contributed by atoms with van der Waals surface area (Å²) < 4.78 is 39.0. The van der Waals surface area contributed by atoms with Crippen LogP contribution >= 0.6 is 0 Å². The van der Waals surface area contributed by atoms with Gasteiger partial charge in [0.1, 0.15) is 11.5 Å². The molecule has 19 heavy (non-hydrogen) atoms. The van der Waals surface area contributed by atoms with E-state index in [1.807, 2.05) is 0 Å². The second-order valence-corrected chi connectivity index (χ2v) is 3.89. The van der Waals surface area contributed by atoms with Crippen LogP contribution in [0.5, 0.6) is 11.5 Å². The van der Waals surface area contributed by atoms with Crippen LogP contribution in [0.3, 0.4) is 0 Å². The molecule has 0 spiro atoms. The SMILES string of the molecule is Oc1ccc(CNc2ccc(F)c(F)c2F)c(O)c1. The molecule has 0 radical (unpaired) electrons. The standard InChI is InChI=1S/C13H10F3NO2/c14-9-3-4-10(13(16)12(9)15)17-6-7-1-2-8(18)5-11(7)19/h1-5,17-19H,6H2. The van der Waals surface area contributed by atoms with E-state index in [4.69, 9.17) is 5.11 Å². The highest BCUT2D eigenvalue weighted by molar-refractivity contribution is 5.47. The van der Waals surface area contributed by atoms with Crippen molar-refractivity contribution in [3.05, 3.63) is 53.3 Å². The normalized spacial score (nSPS) is 10.5. The summed E-state index contributed by atoms with van der Waals surface area (Å²) in [4.78, 5) is 0. The van der Waals surface area contributed by atoms with Gasteiger partial charge < -0.3 is 15.5 Å². The van der Waals surface area contributed by atoms with Gasteiger partial charge in [-0.15, -0.1) is 0 Å². The number of phenols is 2. The molecule has 3 nitrogen and oxygen atoms in total. The predicted octanol–water partition coefficient (Wildman–Crippen LogP) is 3.13. The van der Waals surface area contributed by atoms with Crippen LogP contribution in [0.25, 0.3) is 0 Å². The smallest absolute Gasteiger partial charge is 0.196 e. The van der Waals surface area contributed by atoms with Crippen LogP contribution in [0, 0.1) is 17.5 Å². The number of aromatic hydroxyl groups is 2. The predicted molar refractivity (Wildman–Crippen MR) is 63.4 cm³/mol. The average molecular weight is 269 g/mol. The first-order valence-corrected chi connectivity index (χ1v) is 5.37. The third-order valence-corrected chi connectivity index (χ3v) is 2.57. The topological polar surface area (TPSA) is 52.5 Å². The summed E-state index contributed by atoms with van der Waals surface area (Å²) in [5, 5.41) is 21.1. The van der Waals surface area contributed by atoms with Gasteiger partial charge in [-0.3, -0.25) is 0 Å². The summed E-state index contributed by atoms with van der Waals surface area (Å²) in [7, 11) is 0.